The maximum atomic E-state index is 12.6. The molecule has 17 heavy (non-hydrogen) atoms. The van der Waals surface area contributed by atoms with Gasteiger partial charge in [-0.05, 0) is 24.3 Å². The van der Waals surface area contributed by atoms with Gasteiger partial charge in [-0.25, -0.2) is 0 Å². The Kier molecular flexibility index (Phi) is 4.88. The van der Waals surface area contributed by atoms with Crippen molar-refractivity contribution in [1.29, 1.82) is 0 Å². The second kappa shape index (κ2) is 5.77. The molecule has 0 aliphatic carbocycles. The van der Waals surface area contributed by atoms with Gasteiger partial charge < -0.3 is 5.11 Å². The summed E-state index contributed by atoms with van der Waals surface area (Å²) in [5, 5.41) is 6.52. The third-order valence-corrected chi connectivity index (χ3v) is 3.61. The molecule has 0 aliphatic heterocycles. The van der Waals surface area contributed by atoms with E-state index in [-0.39, 0.29) is 0 Å². The van der Waals surface area contributed by atoms with Crippen LogP contribution in [0.4, 0.5) is 13.2 Å². The van der Waals surface area contributed by atoms with E-state index in [9.17, 15) is 18.0 Å². The molecule has 1 aromatic rings. The van der Waals surface area contributed by atoms with Crippen molar-refractivity contribution in [2.75, 3.05) is 0 Å². The SMILES string of the molecule is O=C(O)CC(Sc1ccc(Br)cc1)C(F)(F)F. The van der Waals surface area contributed by atoms with Crippen molar-refractivity contribution in [3.8, 4) is 0 Å². The van der Waals surface area contributed by atoms with E-state index in [0.29, 0.717) is 16.7 Å². The molecule has 0 saturated heterocycles. The fourth-order valence-corrected chi connectivity index (χ4v) is 2.31. The van der Waals surface area contributed by atoms with Crippen molar-refractivity contribution < 1.29 is 23.1 Å². The second-order valence-corrected chi connectivity index (χ2v) is 5.39. The Bertz CT molecular complexity index is 392. The van der Waals surface area contributed by atoms with E-state index in [1.165, 1.54) is 12.1 Å². The molecule has 0 heterocycles. The molecule has 1 aromatic carbocycles. The molecule has 0 fully saturated rings. The Morgan fingerprint density at radius 1 is 1.35 bits per heavy atom. The van der Waals surface area contributed by atoms with Crippen LogP contribution in [0.25, 0.3) is 0 Å². The summed E-state index contributed by atoms with van der Waals surface area (Å²) < 4.78 is 38.4. The highest BCUT2D eigenvalue weighted by Gasteiger charge is 2.41. The molecule has 0 bridgehead atoms. The van der Waals surface area contributed by atoms with Gasteiger partial charge in [0, 0.05) is 9.37 Å². The number of halogens is 4. The number of carboxylic acid groups (broad SMARTS) is 1. The van der Waals surface area contributed by atoms with Gasteiger partial charge in [-0.15, -0.1) is 11.8 Å². The minimum Gasteiger partial charge on any atom is -0.481 e. The van der Waals surface area contributed by atoms with Gasteiger partial charge in [0.25, 0.3) is 0 Å². The number of hydrogen-bond acceptors (Lipinski definition) is 2. The molecule has 0 radical (unpaired) electrons. The molecule has 2 nitrogen and oxygen atoms in total. The highest BCUT2D eigenvalue weighted by molar-refractivity contribution is 9.10. The minimum atomic E-state index is -4.53. The van der Waals surface area contributed by atoms with Gasteiger partial charge in [0.2, 0.25) is 0 Å². The van der Waals surface area contributed by atoms with Crippen molar-refractivity contribution in [3.05, 3.63) is 28.7 Å². The van der Waals surface area contributed by atoms with Crippen LogP contribution >= 0.6 is 27.7 Å². The highest BCUT2D eigenvalue weighted by Crippen LogP contribution is 2.37. The number of hydrogen-bond donors (Lipinski definition) is 1. The van der Waals surface area contributed by atoms with E-state index in [1.807, 2.05) is 0 Å². The minimum absolute atomic E-state index is 0.386. The third-order valence-electron chi connectivity index (χ3n) is 1.82. The molecule has 1 rings (SSSR count). The van der Waals surface area contributed by atoms with Crippen LogP contribution in [0.1, 0.15) is 6.42 Å². The van der Waals surface area contributed by atoms with Crippen molar-refractivity contribution in [1.82, 2.24) is 0 Å². The second-order valence-electron chi connectivity index (χ2n) is 3.20. The average molecular weight is 329 g/mol. The average Bonchev–Trinajstić information content (AvgIpc) is 2.18. The standard InChI is InChI=1S/C10H8BrF3O2S/c11-6-1-3-7(4-2-6)17-8(5-9(15)16)10(12,13)14/h1-4,8H,5H2,(H,15,16). The van der Waals surface area contributed by atoms with Crippen LogP contribution in [0.3, 0.4) is 0 Å². The Morgan fingerprint density at radius 2 is 1.88 bits per heavy atom. The van der Waals surface area contributed by atoms with Crippen molar-refractivity contribution >= 4 is 33.7 Å². The Hall–Kier alpha value is -0.690. The fourth-order valence-electron chi connectivity index (χ4n) is 1.06. The summed E-state index contributed by atoms with van der Waals surface area (Å²) in [5.74, 6) is -1.46. The van der Waals surface area contributed by atoms with Gasteiger partial charge in [-0.3, -0.25) is 4.79 Å². The van der Waals surface area contributed by atoms with Crippen molar-refractivity contribution in [3.63, 3.8) is 0 Å². The number of rotatable bonds is 4. The Labute approximate surface area is 108 Å². The number of carboxylic acids is 1. The van der Waals surface area contributed by atoms with Gasteiger partial charge in [0.1, 0.15) is 5.25 Å². The molecule has 0 aromatic heterocycles. The monoisotopic (exact) mass is 328 g/mol. The lowest BCUT2D eigenvalue weighted by Crippen LogP contribution is -2.28. The first-order chi connectivity index (χ1) is 7.79. The molecule has 0 spiro atoms. The first-order valence-electron chi connectivity index (χ1n) is 4.50. The first-order valence-corrected chi connectivity index (χ1v) is 6.17. The molecule has 0 saturated carbocycles. The predicted octanol–water partition coefficient (Wildman–Crippen LogP) is 3.95. The third kappa shape index (κ3) is 4.99. The molecule has 0 amide bonds. The number of aliphatic carboxylic acids is 1. The molecule has 1 N–H and O–H groups in total. The van der Waals surface area contributed by atoms with E-state index < -0.39 is 23.8 Å². The molecule has 1 unspecified atom stereocenters. The molecule has 1 atom stereocenters. The summed E-state index contributed by atoms with van der Waals surface area (Å²) in [4.78, 5) is 10.8. The van der Waals surface area contributed by atoms with Gasteiger partial charge in [-0.1, -0.05) is 15.9 Å². The largest absolute Gasteiger partial charge is 0.481 e. The Balaban J connectivity index is 2.79. The highest BCUT2D eigenvalue weighted by atomic mass is 79.9. The zero-order chi connectivity index (χ0) is 13.1. The topological polar surface area (TPSA) is 37.3 Å². The molecular weight excluding hydrogens is 321 g/mol. The quantitative estimate of drug-likeness (QED) is 0.850. The molecular formula is C10H8BrF3O2S. The van der Waals surface area contributed by atoms with Gasteiger partial charge in [0.15, 0.2) is 0 Å². The number of carbonyl (C=O) groups is 1. The van der Waals surface area contributed by atoms with Gasteiger partial charge in [-0.2, -0.15) is 13.2 Å². The van der Waals surface area contributed by atoms with Gasteiger partial charge >= 0.3 is 12.1 Å². The number of benzene rings is 1. The van der Waals surface area contributed by atoms with Crippen LogP contribution in [0, 0.1) is 0 Å². The Morgan fingerprint density at radius 3 is 2.29 bits per heavy atom. The van der Waals surface area contributed by atoms with Crippen LogP contribution in [0.2, 0.25) is 0 Å². The summed E-state index contributed by atoms with van der Waals surface area (Å²) in [6, 6.07) is 6.23. The molecule has 94 valence electrons. The van der Waals surface area contributed by atoms with E-state index in [0.717, 1.165) is 4.47 Å². The molecule has 7 heteroatoms. The van der Waals surface area contributed by atoms with Crippen LogP contribution in [-0.2, 0) is 4.79 Å². The summed E-state index contributed by atoms with van der Waals surface area (Å²) >= 11 is 3.67. The van der Waals surface area contributed by atoms with Crippen molar-refractivity contribution in [2.45, 2.75) is 22.7 Å². The fraction of sp³-hybridized carbons (Fsp3) is 0.300. The number of alkyl halides is 3. The summed E-state index contributed by atoms with van der Waals surface area (Å²) in [5.41, 5.74) is 0. The van der Waals surface area contributed by atoms with Crippen molar-refractivity contribution in [2.24, 2.45) is 0 Å². The zero-order valence-corrected chi connectivity index (χ0v) is 10.8. The van der Waals surface area contributed by atoms with Gasteiger partial charge in [0.05, 0.1) is 6.42 Å². The smallest absolute Gasteiger partial charge is 0.401 e. The maximum absolute atomic E-state index is 12.6. The summed E-state index contributed by atoms with van der Waals surface area (Å²) in [7, 11) is 0. The van der Waals surface area contributed by atoms with Crippen LogP contribution < -0.4 is 0 Å². The first kappa shape index (κ1) is 14.4. The van der Waals surface area contributed by atoms with E-state index in [1.54, 1.807) is 12.1 Å². The van der Waals surface area contributed by atoms with Crippen LogP contribution in [-0.4, -0.2) is 22.5 Å². The van der Waals surface area contributed by atoms with Crippen LogP contribution in [0.5, 0.6) is 0 Å². The number of thioether (sulfide) groups is 1. The summed E-state index contributed by atoms with van der Waals surface area (Å²) in [6.07, 6.45) is -5.47. The van der Waals surface area contributed by atoms with E-state index in [2.05, 4.69) is 15.9 Å². The summed E-state index contributed by atoms with van der Waals surface area (Å²) in [6.45, 7) is 0. The van der Waals surface area contributed by atoms with E-state index in [4.69, 9.17) is 5.11 Å². The predicted molar refractivity (Wildman–Crippen MR) is 62.1 cm³/mol. The van der Waals surface area contributed by atoms with E-state index >= 15 is 0 Å². The lowest BCUT2D eigenvalue weighted by Gasteiger charge is -2.17. The maximum Gasteiger partial charge on any atom is 0.401 e. The lowest BCUT2D eigenvalue weighted by molar-refractivity contribution is -0.149. The van der Waals surface area contributed by atoms with Crippen LogP contribution in [0.15, 0.2) is 33.6 Å². The zero-order valence-electron chi connectivity index (χ0n) is 8.37. The lowest BCUT2D eigenvalue weighted by atomic mass is 10.3. The molecule has 0 aliphatic rings. The normalized spacial score (nSPS) is 13.4.